The number of carbonyl (C=O) groups is 1. The molecule has 1 aliphatic rings. The third-order valence-electron chi connectivity index (χ3n) is 3.29. The van der Waals surface area contributed by atoms with Crippen molar-refractivity contribution in [3.05, 3.63) is 34.9 Å². The maximum atomic E-state index is 11.6. The largest absolute Gasteiger partial charge is 0.353 e. The van der Waals surface area contributed by atoms with E-state index in [1.54, 1.807) is 0 Å². The van der Waals surface area contributed by atoms with Gasteiger partial charge in [-0.1, -0.05) is 23.7 Å². The van der Waals surface area contributed by atoms with Gasteiger partial charge in [-0.2, -0.15) is 0 Å². The predicted octanol–water partition coefficient (Wildman–Crippen LogP) is 2.44. The van der Waals surface area contributed by atoms with Crippen LogP contribution in [0.25, 0.3) is 0 Å². The monoisotopic (exact) mass is 266 g/mol. The standard InChI is InChI=1S/C14H19ClN2O/c15-12-4-1-10(2-5-12)11(9-16)3-8-14(18)17-13-6-7-13/h1-2,4-5,11,13H,3,6-9,16H2,(H,17,18). The van der Waals surface area contributed by atoms with Crippen LogP contribution >= 0.6 is 11.6 Å². The van der Waals surface area contributed by atoms with Gasteiger partial charge in [0.2, 0.25) is 5.91 Å². The van der Waals surface area contributed by atoms with E-state index >= 15 is 0 Å². The lowest BCUT2D eigenvalue weighted by molar-refractivity contribution is -0.121. The molecule has 3 N–H and O–H groups in total. The van der Waals surface area contributed by atoms with Gasteiger partial charge in [0.05, 0.1) is 0 Å². The van der Waals surface area contributed by atoms with Crippen molar-refractivity contribution < 1.29 is 4.79 Å². The van der Waals surface area contributed by atoms with Crippen molar-refractivity contribution in [2.24, 2.45) is 5.73 Å². The quantitative estimate of drug-likeness (QED) is 0.831. The second-order valence-electron chi connectivity index (χ2n) is 4.86. The van der Waals surface area contributed by atoms with Gasteiger partial charge in [-0.3, -0.25) is 4.79 Å². The van der Waals surface area contributed by atoms with Crippen LogP contribution in [0, 0.1) is 0 Å². The summed E-state index contributed by atoms with van der Waals surface area (Å²) in [4.78, 5) is 11.6. The first-order valence-electron chi connectivity index (χ1n) is 6.44. The minimum absolute atomic E-state index is 0.143. The topological polar surface area (TPSA) is 55.1 Å². The smallest absolute Gasteiger partial charge is 0.220 e. The summed E-state index contributed by atoms with van der Waals surface area (Å²) in [7, 11) is 0. The Balaban J connectivity index is 1.84. The van der Waals surface area contributed by atoms with E-state index in [4.69, 9.17) is 17.3 Å². The van der Waals surface area contributed by atoms with Crippen LogP contribution in [0.4, 0.5) is 0 Å². The van der Waals surface area contributed by atoms with Gasteiger partial charge < -0.3 is 11.1 Å². The Hall–Kier alpha value is -1.06. The molecule has 0 aliphatic heterocycles. The molecule has 2 rings (SSSR count). The summed E-state index contributed by atoms with van der Waals surface area (Å²) in [5.41, 5.74) is 6.93. The molecular formula is C14H19ClN2O. The lowest BCUT2D eigenvalue weighted by atomic mass is 9.94. The minimum Gasteiger partial charge on any atom is -0.353 e. The first-order chi connectivity index (χ1) is 8.69. The molecule has 18 heavy (non-hydrogen) atoms. The van der Waals surface area contributed by atoms with Crippen molar-refractivity contribution in [2.75, 3.05) is 6.54 Å². The summed E-state index contributed by atoms with van der Waals surface area (Å²) >= 11 is 5.86. The van der Waals surface area contributed by atoms with Crippen LogP contribution in [0.1, 0.15) is 37.2 Å². The molecule has 4 heteroatoms. The fourth-order valence-corrected chi connectivity index (χ4v) is 2.11. The van der Waals surface area contributed by atoms with Gasteiger partial charge in [0.25, 0.3) is 0 Å². The highest BCUT2D eigenvalue weighted by atomic mass is 35.5. The van der Waals surface area contributed by atoms with E-state index < -0.39 is 0 Å². The van der Waals surface area contributed by atoms with E-state index in [2.05, 4.69) is 5.32 Å². The molecule has 1 fully saturated rings. The third-order valence-corrected chi connectivity index (χ3v) is 3.54. The number of rotatable bonds is 6. The molecule has 98 valence electrons. The molecule has 0 aromatic heterocycles. The molecule has 1 aromatic rings. The fourth-order valence-electron chi connectivity index (χ4n) is 1.99. The van der Waals surface area contributed by atoms with Crippen LogP contribution in [0.15, 0.2) is 24.3 Å². The van der Waals surface area contributed by atoms with Crippen molar-refractivity contribution in [3.8, 4) is 0 Å². The Labute approximate surface area is 113 Å². The average molecular weight is 267 g/mol. The van der Waals surface area contributed by atoms with E-state index in [-0.39, 0.29) is 11.8 Å². The van der Waals surface area contributed by atoms with Gasteiger partial charge in [-0.05, 0) is 49.4 Å². The summed E-state index contributed by atoms with van der Waals surface area (Å²) < 4.78 is 0. The average Bonchev–Trinajstić information content (AvgIpc) is 3.16. The van der Waals surface area contributed by atoms with E-state index in [0.717, 1.165) is 29.8 Å². The zero-order valence-electron chi connectivity index (χ0n) is 10.4. The molecule has 0 bridgehead atoms. The van der Waals surface area contributed by atoms with E-state index in [0.29, 0.717) is 19.0 Å². The summed E-state index contributed by atoms with van der Waals surface area (Å²) in [6.45, 7) is 0.554. The zero-order chi connectivity index (χ0) is 13.0. The molecule has 1 unspecified atom stereocenters. The molecule has 0 heterocycles. The third kappa shape index (κ3) is 4.00. The van der Waals surface area contributed by atoms with Gasteiger partial charge in [0.1, 0.15) is 0 Å². The lowest BCUT2D eigenvalue weighted by Gasteiger charge is -2.15. The number of nitrogens with one attached hydrogen (secondary N) is 1. The number of carbonyl (C=O) groups excluding carboxylic acids is 1. The lowest BCUT2D eigenvalue weighted by Crippen LogP contribution is -2.26. The van der Waals surface area contributed by atoms with Crippen molar-refractivity contribution >= 4 is 17.5 Å². The Bertz CT molecular complexity index is 401. The summed E-state index contributed by atoms with van der Waals surface area (Å²) in [6, 6.07) is 8.13. The second kappa shape index (κ2) is 6.21. The van der Waals surface area contributed by atoms with Crippen LogP contribution in [0.2, 0.25) is 5.02 Å². The van der Waals surface area contributed by atoms with Crippen LogP contribution < -0.4 is 11.1 Å². The van der Waals surface area contributed by atoms with E-state index in [1.807, 2.05) is 24.3 Å². The van der Waals surface area contributed by atoms with Crippen LogP contribution in [0.5, 0.6) is 0 Å². The van der Waals surface area contributed by atoms with Gasteiger partial charge >= 0.3 is 0 Å². The molecule has 1 atom stereocenters. The molecule has 0 spiro atoms. The molecule has 1 saturated carbocycles. The number of halogens is 1. The van der Waals surface area contributed by atoms with Gasteiger partial charge in [-0.25, -0.2) is 0 Å². The number of nitrogens with two attached hydrogens (primary N) is 1. The Kier molecular flexibility index (Phi) is 4.61. The van der Waals surface area contributed by atoms with Crippen molar-refractivity contribution in [1.82, 2.24) is 5.32 Å². The molecule has 1 aromatic carbocycles. The second-order valence-corrected chi connectivity index (χ2v) is 5.30. The maximum Gasteiger partial charge on any atom is 0.220 e. The van der Waals surface area contributed by atoms with Gasteiger partial charge in [-0.15, -0.1) is 0 Å². The van der Waals surface area contributed by atoms with Crippen LogP contribution in [-0.2, 0) is 4.79 Å². The van der Waals surface area contributed by atoms with Gasteiger partial charge in [0.15, 0.2) is 0 Å². The van der Waals surface area contributed by atoms with Crippen molar-refractivity contribution in [1.29, 1.82) is 0 Å². The number of benzene rings is 1. The molecule has 1 aliphatic carbocycles. The number of hydrogen-bond acceptors (Lipinski definition) is 2. The minimum atomic E-state index is 0.143. The summed E-state index contributed by atoms with van der Waals surface area (Å²) in [6.07, 6.45) is 3.59. The number of amides is 1. The predicted molar refractivity (Wildman–Crippen MR) is 73.6 cm³/mol. The van der Waals surface area contributed by atoms with Crippen LogP contribution in [0.3, 0.4) is 0 Å². The van der Waals surface area contributed by atoms with Crippen LogP contribution in [-0.4, -0.2) is 18.5 Å². The Morgan fingerprint density at radius 1 is 1.39 bits per heavy atom. The summed E-state index contributed by atoms with van der Waals surface area (Å²) in [5, 5.41) is 3.72. The van der Waals surface area contributed by atoms with E-state index in [1.165, 1.54) is 0 Å². The molecule has 3 nitrogen and oxygen atoms in total. The Morgan fingerprint density at radius 3 is 2.61 bits per heavy atom. The maximum absolute atomic E-state index is 11.6. The summed E-state index contributed by atoms with van der Waals surface area (Å²) in [5.74, 6) is 0.372. The molecule has 1 amide bonds. The highest BCUT2D eigenvalue weighted by molar-refractivity contribution is 6.30. The molecule has 0 saturated heterocycles. The first-order valence-corrected chi connectivity index (χ1v) is 6.81. The number of hydrogen-bond donors (Lipinski definition) is 2. The van der Waals surface area contributed by atoms with Crippen molar-refractivity contribution in [2.45, 2.75) is 37.6 Å². The normalized spacial score (nSPS) is 16.3. The SMILES string of the molecule is NCC(CCC(=O)NC1CC1)c1ccc(Cl)cc1. The highest BCUT2D eigenvalue weighted by Gasteiger charge is 2.23. The zero-order valence-corrected chi connectivity index (χ0v) is 11.1. The van der Waals surface area contributed by atoms with Gasteiger partial charge in [0, 0.05) is 17.5 Å². The molecular weight excluding hydrogens is 248 g/mol. The van der Waals surface area contributed by atoms with E-state index in [9.17, 15) is 4.79 Å². The first kappa shape index (κ1) is 13.4. The highest BCUT2D eigenvalue weighted by Crippen LogP contribution is 2.23. The Morgan fingerprint density at radius 2 is 2.06 bits per heavy atom. The molecule has 0 radical (unpaired) electrons. The fraction of sp³-hybridized carbons (Fsp3) is 0.500. The van der Waals surface area contributed by atoms with Crippen molar-refractivity contribution in [3.63, 3.8) is 0 Å².